The molecule has 1 aromatic carbocycles. The van der Waals surface area contributed by atoms with Gasteiger partial charge in [0.2, 0.25) is 0 Å². The summed E-state index contributed by atoms with van der Waals surface area (Å²) in [6.07, 6.45) is 3.94. The lowest BCUT2D eigenvalue weighted by Crippen LogP contribution is -2.48. The lowest BCUT2D eigenvalue weighted by atomic mass is 9.89. The Kier molecular flexibility index (Phi) is 6.71. The summed E-state index contributed by atoms with van der Waals surface area (Å²) >= 11 is 0. The Morgan fingerprint density at radius 1 is 1.24 bits per heavy atom. The largest absolute Gasteiger partial charge is 0.361 e. The van der Waals surface area contributed by atoms with Gasteiger partial charge in [-0.25, -0.2) is 13.9 Å². The van der Waals surface area contributed by atoms with Crippen molar-refractivity contribution in [3.63, 3.8) is 0 Å². The maximum atomic E-state index is 14.7. The molecule has 11 nitrogen and oxygen atoms in total. The van der Waals surface area contributed by atoms with Crippen LogP contribution in [0.15, 0.2) is 64.7 Å². The van der Waals surface area contributed by atoms with Crippen molar-refractivity contribution in [2.45, 2.75) is 49.8 Å². The van der Waals surface area contributed by atoms with Crippen LogP contribution in [0, 0.1) is 12.7 Å². The number of pyridine rings is 1. The van der Waals surface area contributed by atoms with Crippen LogP contribution >= 0.6 is 0 Å². The van der Waals surface area contributed by atoms with Crippen LogP contribution in [-0.4, -0.2) is 46.1 Å². The van der Waals surface area contributed by atoms with E-state index in [9.17, 15) is 22.4 Å². The van der Waals surface area contributed by atoms with Crippen molar-refractivity contribution < 1.29 is 21.8 Å². The topological polar surface area (TPSA) is 148 Å². The third-order valence-corrected chi connectivity index (χ3v) is 7.74. The summed E-state index contributed by atoms with van der Waals surface area (Å²) in [6, 6.07) is 8.78. The third-order valence-electron chi connectivity index (χ3n) is 6.36. The van der Waals surface area contributed by atoms with Crippen molar-refractivity contribution in [3.05, 3.63) is 87.9 Å². The molecule has 1 aliphatic rings. The highest BCUT2D eigenvalue weighted by Crippen LogP contribution is 2.28. The Hall–Kier alpha value is -4.10. The van der Waals surface area contributed by atoms with Crippen LogP contribution in [0.5, 0.6) is 0 Å². The number of H-pyrrole nitrogens is 1. The van der Waals surface area contributed by atoms with E-state index in [-0.39, 0.29) is 33.5 Å². The zero-order valence-corrected chi connectivity index (χ0v) is 21.3. The van der Waals surface area contributed by atoms with E-state index in [4.69, 9.17) is 4.18 Å². The first-order valence-corrected chi connectivity index (χ1v) is 13.3. The molecule has 0 aliphatic heterocycles. The molecule has 0 spiro atoms. The number of amides is 1. The number of fused-ring (bicyclic) bond motifs is 1. The summed E-state index contributed by atoms with van der Waals surface area (Å²) in [6.45, 7) is 3.55. The lowest BCUT2D eigenvalue weighted by Gasteiger charge is -2.34. The monoisotopic (exact) mass is 540 g/mol. The molecule has 4 aromatic rings. The van der Waals surface area contributed by atoms with Crippen LogP contribution in [0.25, 0.3) is 5.65 Å². The quantitative estimate of drug-likeness (QED) is 0.289. The van der Waals surface area contributed by atoms with Gasteiger partial charge in [0, 0.05) is 17.8 Å². The van der Waals surface area contributed by atoms with Crippen LogP contribution < -0.4 is 16.2 Å². The molecular weight excluding hydrogens is 515 g/mol. The van der Waals surface area contributed by atoms with E-state index < -0.39 is 34.0 Å². The van der Waals surface area contributed by atoms with Gasteiger partial charge in [-0.15, -0.1) is 0 Å². The number of carbonyl (C=O) groups is 1. The van der Waals surface area contributed by atoms with Crippen LogP contribution in [0.3, 0.4) is 0 Å². The number of carbonyl (C=O) groups excluding carboxylic acids is 1. The van der Waals surface area contributed by atoms with Crippen LogP contribution in [0.2, 0.25) is 0 Å². The number of aromatic amines is 1. The summed E-state index contributed by atoms with van der Waals surface area (Å²) in [5.41, 5.74) is 1.26. The van der Waals surface area contributed by atoms with Gasteiger partial charge < -0.3 is 15.6 Å². The Labute approximate surface area is 217 Å². The van der Waals surface area contributed by atoms with Gasteiger partial charge in [-0.3, -0.25) is 13.8 Å². The molecule has 0 bridgehead atoms. The van der Waals surface area contributed by atoms with Gasteiger partial charge in [0.15, 0.2) is 17.3 Å². The van der Waals surface area contributed by atoms with Gasteiger partial charge in [0.25, 0.3) is 21.6 Å². The summed E-state index contributed by atoms with van der Waals surface area (Å²) in [7, 11) is -3.90. The van der Waals surface area contributed by atoms with E-state index in [2.05, 4.69) is 25.7 Å². The highest BCUT2D eigenvalue weighted by Gasteiger charge is 2.36. The Morgan fingerprint density at radius 2 is 1.97 bits per heavy atom. The zero-order chi connectivity index (χ0) is 27.0. The first-order valence-electron chi connectivity index (χ1n) is 11.9. The predicted molar refractivity (Wildman–Crippen MR) is 136 cm³/mol. The van der Waals surface area contributed by atoms with Crippen molar-refractivity contribution >= 4 is 27.5 Å². The highest BCUT2D eigenvalue weighted by molar-refractivity contribution is 7.86. The summed E-state index contributed by atoms with van der Waals surface area (Å²) < 4.78 is 46.1. The molecule has 1 atom stereocenters. The van der Waals surface area contributed by atoms with Crippen LogP contribution in [0.4, 0.5) is 10.2 Å². The molecule has 198 valence electrons. The number of rotatable bonds is 8. The Balaban J connectivity index is 1.24. The van der Waals surface area contributed by atoms with E-state index in [1.54, 1.807) is 31.2 Å². The minimum atomic E-state index is -3.90. The van der Waals surface area contributed by atoms with E-state index in [1.165, 1.54) is 24.5 Å². The average molecular weight is 541 g/mol. The third kappa shape index (κ3) is 5.15. The number of hydrogen-bond acceptors (Lipinski definition) is 8. The van der Waals surface area contributed by atoms with Gasteiger partial charge in [0.05, 0.1) is 29.4 Å². The standard InChI is InChI=1S/C25H25FN6O5S/c1-14-5-7-18(8-6-14)38(35,36)37-17-10-16(11-17)30-25(34)20-12-28-32-13-21(26)22(31-23(20)32)29-15(2)19-4-3-9-27-24(19)33/h3-9,12-13,15-17H,10-11H2,1-2H3,(H,27,33)(H,29,31)(H,30,34)/t15-,16?,17?/m1/s1. The van der Waals surface area contributed by atoms with Gasteiger partial charge in [-0.1, -0.05) is 23.8 Å². The van der Waals surface area contributed by atoms with Crippen LogP contribution in [0.1, 0.15) is 47.3 Å². The molecular formula is C25H25FN6O5S. The molecule has 5 rings (SSSR count). The van der Waals surface area contributed by atoms with Crippen molar-refractivity contribution in [1.29, 1.82) is 0 Å². The Bertz CT molecular complexity index is 1660. The second-order valence-electron chi connectivity index (χ2n) is 9.21. The number of aryl methyl sites for hydroxylation is 1. The van der Waals surface area contributed by atoms with Gasteiger partial charge >= 0.3 is 0 Å². The fourth-order valence-electron chi connectivity index (χ4n) is 4.17. The molecule has 3 aromatic heterocycles. The number of aromatic nitrogens is 4. The molecule has 3 heterocycles. The van der Waals surface area contributed by atoms with Gasteiger partial charge in [-0.2, -0.15) is 13.5 Å². The minimum absolute atomic E-state index is 0.0795. The lowest BCUT2D eigenvalue weighted by molar-refractivity contribution is 0.0733. The second kappa shape index (κ2) is 9.99. The molecule has 0 radical (unpaired) electrons. The van der Waals surface area contributed by atoms with Gasteiger partial charge in [-0.05, 0) is 44.9 Å². The van der Waals surface area contributed by atoms with E-state index in [0.29, 0.717) is 18.4 Å². The fraction of sp³-hybridized carbons (Fsp3) is 0.280. The molecule has 13 heteroatoms. The zero-order valence-electron chi connectivity index (χ0n) is 20.5. The van der Waals surface area contributed by atoms with E-state index in [0.717, 1.165) is 16.3 Å². The molecule has 0 saturated heterocycles. The maximum Gasteiger partial charge on any atom is 0.297 e. The van der Waals surface area contributed by atoms with Crippen molar-refractivity contribution in [2.24, 2.45) is 0 Å². The summed E-state index contributed by atoms with van der Waals surface area (Å²) in [5, 5.41) is 9.70. The Morgan fingerprint density at radius 3 is 2.68 bits per heavy atom. The molecule has 3 N–H and O–H groups in total. The van der Waals surface area contributed by atoms with Crippen molar-refractivity contribution in [1.82, 2.24) is 24.9 Å². The molecule has 0 unspecified atom stereocenters. The van der Waals surface area contributed by atoms with E-state index >= 15 is 0 Å². The van der Waals surface area contributed by atoms with Crippen molar-refractivity contribution in [3.8, 4) is 0 Å². The molecule has 1 saturated carbocycles. The first-order chi connectivity index (χ1) is 18.1. The first kappa shape index (κ1) is 25.5. The number of benzene rings is 1. The fourth-order valence-corrected chi connectivity index (χ4v) is 5.27. The molecule has 1 aliphatic carbocycles. The summed E-state index contributed by atoms with van der Waals surface area (Å²) in [5.74, 6) is -1.33. The molecule has 1 amide bonds. The minimum Gasteiger partial charge on any atom is -0.361 e. The number of nitrogens with one attached hydrogen (secondary N) is 3. The number of nitrogens with zero attached hydrogens (tertiary/aromatic N) is 3. The van der Waals surface area contributed by atoms with Crippen molar-refractivity contribution in [2.75, 3.05) is 5.32 Å². The normalized spacial score (nSPS) is 18.1. The average Bonchev–Trinajstić information content (AvgIpc) is 3.25. The smallest absolute Gasteiger partial charge is 0.297 e. The molecule has 38 heavy (non-hydrogen) atoms. The van der Waals surface area contributed by atoms with E-state index in [1.807, 2.05) is 6.92 Å². The van der Waals surface area contributed by atoms with Gasteiger partial charge in [0.1, 0.15) is 5.56 Å². The second-order valence-corrected chi connectivity index (χ2v) is 10.8. The number of anilines is 1. The molecule has 1 fully saturated rings. The number of halogens is 1. The summed E-state index contributed by atoms with van der Waals surface area (Å²) in [4.78, 5) is 31.9. The number of hydrogen-bond donors (Lipinski definition) is 3. The predicted octanol–water partition coefficient (Wildman–Crippen LogP) is 2.70. The van der Waals surface area contributed by atoms with Crippen LogP contribution in [-0.2, 0) is 14.3 Å². The highest BCUT2D eigenvalue weighted by atomic mass is 32.2. The maximum absolute atomic E-state index is 14.7. The SMILES string of the molecule is Cc1ccc(S(=O)(=O)OC2CC(NC(=O)c3cnn4cc(F)c(N[C@H](C)c5ccc[nH]c5=O)nc34)C2)cc1.